The van der Waals surface area contributed by atoms with Crippen molar-refractivity contribution in [2.24, 2.45) is 11.8 Å². The van der Waals surface area contributed by atoms with E-state index in [0.717, 1.165) is 25.6 Å². The first-order valence-corrected chi connectivity index (χ1v) is 10.5. The number of carbonyl (C=O) groups excluding carboxylic acids is 2. The molecule has 7 nitrogen and oxygen atoms in total. The largest absolute Gasteiger partial charge is 0.365 e. The number of hydrogen-bond acceptors (Lipinski definition) is 5. The van der Waals surface area contributed by atoms with Crippen molar-refractivity contribution in [3.63, 3.8) is 0 Å². The molecule has 2 amide bonds. The van der Waals surface area contributed by atoms with Gasteiger partial charge in [0.05, 0.1) is 6.10 Å². The van der Waals surface area contributed by atoms with Gasteiger partial charge in [-0.3, -0.25) is 14.6 Å². The van der Waals surface area contributed by atoms with E-state index in [9.17, 15) is 9.59 Å². The van der Waals surface area contributed by atoms with Gasteiger partial charge in [0.1, 0.15) is 12.3 Å². The van der Waals surface area contributed by atoms with Crippen molar-refractivity contribution in [3.8, 4) is 0 Å². The normalized spacial score (nSPS) is 24.4. The number of rotatable bonds is 7. The summed E-state index contributed by atoms with van der Waals surface area (Å²) in [6, 6.07) is 5.25. The summed E-state index contributed by atoms with van der Waals surface area (Å²) in [7, 11) is 0. The average molecular weight is 386 g/mol. The number of piperidine rings is 1. The second-order valence-electron chi connectivity index (χ2n) is 8.34. The van der Waals surface area contributed by atoms with Crippen molar-refractivity contribution < 1.29 is 14.3 Å². The van der Waals surface area contributed by atoms with Gasteiger partial charge in [0.2, 0.25) is 5.91 Å². The topological polar surface area (TPSA) is 74.8 Å². The van der Waals surface area contributed by atoms with E-state index in [1.54, 1.807) is 24.4 Å². The van der Waals surface area contributed by atoms with Gasteiger partial charge in [-0.1, -0.05) is 6.07 Å². The van der Waals surface area contributed by atoms with Crippen molar-refractivity contribution in [3.05, 3.63) is 30.1 Å². The number of amides is 2. The van der Waals surface area contributed by atoms with Crippen molar-refractivity contribution in [2.45, 2.75) is 31.8 Å². The van der Waals surface area contributed by atoms with Crippen LogP contribution in [-0.4, -0.2) is 78.6 Å². The fourth-order valence-electron chi connectivity index (χ4n) is 4.10. The van der Waals surface area contributed by atoms with Gasteiger partial charge < -0.3 is 19.9 Å². The van der Waals surface area contributed by atoms with Crippen LogP contribution >= 0.6 is 0 Å². The number of ether oxygens (including phenoxy) is 1. The number of aromatic nitrogens is 1. The van der Waals surface area contributed by atoms with Gasteiger partial charge in [-0.25, -0.2) is 0 Å². The van der Waals surface area contributed by atoms with Gasteiger partial charge in [-0.2, -0.15) is 0 Å². The van der Waals surface area contributed by atoms with E-state index in [1.165, 1.54) is 32.2 Å². The molecule has 152 valence electrons. The molecule has 7 heteroatoms. The quantitative estimate of drug-likeness (QED) is 0.761. The molecule has 2 aliphatic heterocycles. The number of pyridine rings is 1. The zero-order valence-corrected chi connectivity index (χ0v) is 16.4. The molecule has 0 spiro atoms. The molecule has 0 bridgehead atoms. The van der Waals surface area contributed by atoms with E-state index in [4.69, 9.17) is 4.74 Å². The maximum Gasteiger partial charge on any atom is 0.269 e. The Morgan fingerprint density at radius 3 is 2.64 bits per heavy atom. The third kappa shape index (κ3) is 5.29. The number of carbonyl (C=O) groups is 2. The van der Waals surface area contributed by atoms with Crippen molar-refractivity contribution in [1.29, 1.82) is 0 Å². The van der Waals surface area contributed by atoms with Crippen LogP contribution in [0.4, 0.5) is 0 Å². The highest BCUT2D eigenvalue weighted by atomic mass is 16.5. The first kappa shape index (κ1) is 19.3. The Kier molecular flexibility index (Phi) is 6.22. The average Bonchev–Trinajstić information content (AvgIpc) is 3.54. The molecular weight excluding hydrogens is 356 g/mol. The summed E-state index contributed by atoms with van der Waals surface area (Å²) in [5.41, 5.74) is 0.393. The SMILES string of the molecule is O=C(NC[C@@H]1CN(CC2CCN(CC3CC3)CC2)C(=O)CO1)c1ccccn1. The molecule has 1 aromatic rings. The molecule has 28 heavy (non-hydrogen) atoms. The number of hydrogen-bond donors (Lipinski definition) is 1. The maximum atomic E-state index is 12.3. The minimum atomic E-state index is -0.212. The molecule has 1 aliphatic carbocycles. The molecule has 0 aromatic carbocycles. The highest BCUT2D eigenvalue weighted by Crippen LogP contribution is 2.31. The van der Waals surface area contributed by atoms with E-state index >= 15 is 0 Å². The fraction of sp³-hybridized carbons (Fsp3) is 0.667. The molecule has 1 aromatic heterocycles. The highest BCUT2D eigenvalue weighted by molar-refractivity contribution is 5.92. The van der Waals surface area contributed by atoms with E-state index in [0.29, 0.717) is 24.7 Å². The van der Waals surface area contributed by atoms with Gasteiger partial charge in [-0.15, -0.1) is 0 Å². The van der Waals surface area contributed by atoms with E-state index in [2.05, 4.69) is 15.2 Å². The summed E-state index contributed by atoms with van der Waals surface area (Å²) >= 11 is 0. The smallest absolute Gasteiger partial charge is 0.269 e. The van der Waals surface area contributed by atoms with Gasteiger partial charge in [0, 0.05) is 32.4 Å². The summed E-state index contributed by atoms with van der Waals surface area (Å²) in [5, 5.41) is 2.87. The minimum Gasteiger partial charge on any atom is -0.365 e. The maximum absolute atomic E-state index is 12.3. The fourth-order valence-corrected chi connectivity index (χ4v) is 4.10. The molecule has 4 rings (SSSR count). The van der Waals surface area contributed by atoms with Crippen LogP contribution in [0.5, 0.6) is 0 Å². The highest BCUT2D eigenvalue weighted by Gasteiger charge is 2.31. The summed E-state index contributed by atoms with van der Waals surface area (Å²) in [6.45, 7) is 5.42. The lowest BCUT2D eigenvalue weighted by molar-refractivity contribution is -0.149. The Bertz CT molecular complexity index is 671. The predicted molar refractivity (Wildman–Crippen MR) is 105 cm³/mol. The molecular formula is C21H30N4O3. The Labute approximate surface area is 166 Å². The zero-order chi connectivity index (χ0) is 19.3. The van der Waals surface area contributed by atoms with E-state index in [-0.39, 0.29) is 24.5 Å². The Balaban J connectivity index is 1.21. The van der Waals surface area contributed by atoms with Crippen LogP contribution in [0.15, 0.2) is 24.4 Å². The molecule has 3 aliphatic rings. The third-order valence-electron chi connectivity index (χ3n) is 6.01. The van der Waals surface area contributed by atoms with Gasteiger partial charge in [-0.05, 0) is 62.7 Å². The molecule has 1 N–H and O–H groups in total. The summed E-state index contributed by atoms with van der Waals surface area (Å²) in [6.07, 6.45) is 6.57. The van der Waals surface area contributed by atoms with E-state index in [1.807, 2.05) is 4.90 Å². The van der Waals surface area contributed by atoms with E-state index < -0.39 is 0 Å². The Morgan fingerprint density at radius 1 is 1.14 bits per heavy atom. The van der Waals surface area contributed by atoms with Crippen molar-refractivity contribution in [1.82, 2.24) is 20.1 Å². The summed E-state index contributed by atoms with van der Waals surface area (Å²) < 4.78 is 5.63. The lowest BCUT2D eigenvalue weighted by Gasteiger charge is -2.38. The van der Waals surface area contributed by atoms with Crippen LogP contribution in [0.25, 0.3) is 0 Å². The minimum absolute atomic E-state index is 0.0627. The first-order valence-electron chi connectivity index (χ1n) is 10.5. The summed E-state index contributed by atoms with van der Waals surface area (Å²) in [5.74, 6) is 1.36. The van der Waals surface area contributed by atoms with Crippen molar-refractivity contribution >= 4 is 11.8 Å². The van der Waals surface area contributed by atoms with Gasteiger partial charge >= 0.3 is 0 Å². The van der Waals surface area contributed by atoms with Gasteiger partial charge in [0.15, 0.2) is 0 Å². The van der Waals surface area contributed by atoms with Crippen LogP contribution in [0.3, 0.4) is 0 Å². The third-order valence-corrected chi connectivity index (χ3v) is 6.01. The monoisotopic (exact) mass is 386 g/mol. The second kappa shape index (κ2) is 9.01. The standard InChI is InChI=1S/C21H30N4O3/c26-20-15-28-18(11-23-21(27)19-3-1-2-8-22-19)14-25(20)13-17-6-9-24(10-7-17)12-16-4-5-16/h1-3,8,16-18H,4-7,9-15H2,(H,23,27)/t18-/m1/s1. The van der Waals surface area contributed by atoms with Crippen LogP contribution in [0, 0.1) is 11.8 Å². The Hall–Kier alpha value is -1.99. The second-order valence-corrected chi connectivity index (χ2v) is 8.34. The lowest BCUT2D eigenvalue weighted by atomic mass is 9.95. The van der Waals surface area contributed by atoms with Gasteiger partial charge in [0.25, 0.3) is 5.91 Å². The molecule has 3 fully saturated rings. The molecule has 1 atom stereocenters. The molecule has 1 saturated carbocycles. The zero-order valence-electron chi connectivity index (χ0n) is 16.4. The number of nitrogens with zero attached hydrogens (tertiary/aromatic N) is 3. The number of morpholine rings is 1. The van der Waals surface area contributed by atoms with Crippen LogP contribution in [-0.2, 0) is 9.53 Å². The van der Waals surface area contributed by atoms with Crippen LogP contribution < -0.4 is 5.32 Å². The first-order chi connectivity index (χ1) is 13.7. The lowest BCUT2D eigenvalue weighted by Crippen LogP contribution is -2.52. The summed E-state index contributed by atoms with van der Waals surface area (Å²) in [4.78, 5) is 33.0. The predicted octanol–water partition coefficient (Wildman–Crippen LogP) is 1.16. The molecule has 2 saturated heterocycles. The number of likely N-dealkylation sites (tertiary alicyclic amines) is 1. The molecule has 0 unspecified atom stereocenters. The van der Waals surface area contributed by atoms with Crippen LogP contribution in [0.1, 0.15) is 36.2 Å². The Morgan fingerprint density at radius 2 is 1.93 bits per heavy atom. The molecule has 3 heterocycles. The number of nitrogens with one attached hydrogen (secondary N) is 1. The van der Waals surface area contributed by atoms with Crippen molar-refractivity contribution in [2.75, 3.05) is 45.9 Å². The van der Waals surface area contributed by atoms with Crippen LogP contribution in [0.2, 0.25) is 0 Å². The molecule has 0 radical (unpaired) electrons.